The van der Waals surface area contributed by atoms with Gasteiger partial charge in [-0.25, -0.2) is 0 Å². The van der Waals surface area contributed by atoms with Crippen molar-refractivity contribution < 1.29 is 14.7 Å². The Hall–Kier alpha value is -1.07. The van der Waals surface area contributed by atoms with Crippen LogP contribution in [0.3, 0.4) is 0 Å². The molecule has 0 saturated heterocycles. The molecule has 0 aromatic heterocycles. The second-order valence-corrected chi connectivity index (χ2v) is 4.45. The molecule has 0 fully saturated rings. The topological polar surface area (TPSA) is 66.4 Å². The molecular formula is C10H9BrClNO3. The monoisotopic (exact) mass is 305 g/mol. The van der Waals surface area contributed by atoms with Crippen molar-refractivity contribution in [3.63, 3.8) is 0 Å². The molecule has 0 aliphatic rings. The summed E-state index contributed by atoms with van der Waals surface area (Å²) in [5.74, 6) is -1.54. The normalized spacial score (nSPS) is 11.9. The van der Waals surface area contributed by atoms with E-state index in [2.05, 4.69) is 21.2 Å². The Bertz CT molecular complexity index is 436. The fraction of sp³-hybridized carbons (Fsp3) is 0.200. The predicted octanol–water partition coefficient (Wildman–Crippen LogP) is 2.31. The van der Waals surface area contributed by atoms with Gasteiger partial charge in [0.2, 0.25) is 0 Å². The van der Waals surface area contributed by atoms with Crippen LogP contribution in [0.25, 0.3) is 0 Å². The van der Waals surface area contributed by atoms with Crippen molar-refractivity contribution in [2.24, 2.45) is 0 Å². The van der Waals surface area contributed by atoms with Crippen LogP contribution in [-0.2, 0) is 4.79 Å². The van der Waals surface area contributed by atoms with E-state index in [1.807, 2.05) is 0 Å². The molecule has 0 spiro atoms. The van der Waals surface area contributed by atoms with Crippen molar-refractivity contribution in [1.29, 1.82) is 0 Å². The average Bonchev–Trinajstić information content (AvgIpc) is 2.16. The maximum absolute atomic E-state index is 11.6. The van der Waals surface area contributed by atoms with Crippen LogP contribution < -0.4 is 5.32 Å². The third kappa shape index (κ3) is 3.21. The lowest BCUT2D eigenvalue weighted by molar-refractivity contribution is -0.138. The van der Waals surface area contributed by atoms with Crippen LogP contribution in [0.15, 0.2) is 22.7 Å². The number of rotatable bonds is 3. The van der Waals surface area contributed by atoms with E-state index in [4.69, 9.17) is 16.7 Å². The largest absolute Gasteiger partial charge is 0.480 e. The molecule has 0 radical (unpaired) electrons. The van der Waals surface area contributed by atoms with E-state index in [9.17, 15) is 9.59 Å². The summed E-state index contributed by atoms with van der Waals surface area (Å²) in [7, 11) is 0. The average molecular weight is 307 g/mol. The van der Waals surface area contributed by atoms with Gasteiger partial charge in [-0.15, -0.1) is 0 Å². The number of carboxylic acid groups (broad SMARTS) is 1. The van der Waals surface area contributed by atoms with E-state index < -0.39 is 17.9 Å². The van der Waals surface area contributed by atoms with Crippen molar-refractivity contribution in [3.8, 4) is 0 Å². The molecule has 0 bridgehead atoms. The van der Waals surface area contributed by atoms with Crippen LogP contribution in [0.4, 0.5) is 0 Å². The van der Waals surface area contributed by atoms with E-state index in [1.165, 1.54) is 13.0 Å². The summed E-state index contributed by atoms with van der Waals surface area (Å²) in [5.41, 5.74) is 0.345. The molecule has 4 nitrogen and oxygen atoms in total. The van der Waals surface area contributed by atoms with Gasteiger partial charge in [-0.2, -0.15) is 0 Å². The zero-order valence-corrected chi connectivity index (χ0v) is 10.7. The molecule has 0 aliphatic carbocycles. The number of amides is 1. The van der Waals surface area contributed by atoms with E-state index in [0.29, 0.717) is 15.1 Å². The Kier molecular flexibility index (Phi) is 4.32. The lowest BCUT2D eigenvalue weighted by atomic mass is 10.2. The van der Waals surface area contributed by atoms with Crippen LogP contribution in [0, 0.1) is 0 Å². The third-order valence-corrected chi connectivity index (χ3v) is 2.78. The number of carbonyl (C=O) groups excluding carboxylic acids is 1. The molecule has 1 rings (SSSR count). The minimum absolute atomic E-state index is 0.345. The number of hydrogen-bond donors (Lipinski definition) is 2. The lowest BCUT2D eigenvalue weighted by Gasteiger charge is -2.10. The number of benzene rings is 1. The first kappa shape index (κ1) is 13.0. The van der Waals surface area contributed by atoms with Crippen molar-refractivity contribution in [2.45, 2.75) is 13.0 Å². The van der Waals surface area contributed by atoms with Crippen LogP contribution in [-0.4, -0.2) is 23.0 Å². The molecule has 0 heterocycles. The third-order valence-electron chi connectivity index (χ3n) is 1.89. The zero-order valence-electron chi connectivity index (χ0n) is 8.33. The van der Waals surface area contributed by atoms with Crippen LogP contribution in [0.2, 0.25) is 5.02 Å². The Morgan fingerprint density at radius 1 is 1.50 bits per heavy atom. The van der Waals surface area contributed by atoms with Gasteiger partial charge in [0.1, 0.15) is 6.04 Å². The summed E-state index contributed by atoms with van der Waals surface area (Å²) in [6.45, 7) is 1.39. The molecule has 1 amide bonds. The van der Waals surface area contributed by atoms with Gasteiger partial charge >= 0.3 is 5.97 Å². The predicted molar refractivity (Wildman–Crippen MR) is 63.7 cm³/mol. The number of hydrogen-bond acceptors (Lipinski definition) is 2. The smallest absolute Gasteiger partial charge is 0.325 e. The molecule has 16 heavy (non-hydrogen) atoms. The number of halogens is 2. The van der Waals surface area contributed by atoms with E-state index in [0.717, 1.165) is 0 Å². The summed E-state index contributed by atoms with van der Waals surface area (Å²) < 4.78 is 0.523. The van der Waals surface area contributed by atoms with Crippen molar-refractivity contribution in [3.05, 3.63) is 33.3 Å². The highest BCUT2D eigenvalue weighted by molar-refractivity contribution is 9.10. The SMILES string of the molecule is CC(NC(=O)c1ccc(Cl)cc1Br)C(=O)O. The van der Waals surface area contributed by atoms with Gasteiger partial charge in [0.15, 0.2) is 0 Å². The first-order chi connectivity index (χ1) is 7.41. The number of carbonyl (C=O) groups is 2. The molecule has 86 valence electrons. The molecule has 1 unspecified atom stereocenters. The molecule has 6 heteroatoms. The van der Waals surface area contributed by atoms with Crippen molar-refractivity contribution in [1.82, 2.24) is 5.32 Å². The number of nitrogens with one attached hydrogen (secondary N) is 1. The second kappa shape index (κ2) is 5.32. The van der Waals surface area contributed by atoms with Gasteiger partial charge in [0.05, 0.1) is 5.56 Å². The fourth-order valence-corrected chi connectivity index (χ4v) is 1.87. The van der Waals surface area contributed by atoms with Gasteiger partial charge < -0.3 is 10.4 Å². The Balaban J connectivity index is 2.85. The first-order valence-corrected chi connectivity index (χ1v) is 5.57. The van der Waals surface area contributed by atoms with Gasteiger partial charge in [-0.3, -0.25) is 9.59 Å². The van der Waals surface area contributed by atoms with Gasteiger partial charge in [-0.1, -0.05) is 11.6 Å². The Morgan fingerprint density at radius 3 is 2.62 bits per heavy atom. The molecule has 1 aromatic rings. The first-order valence-electron chi connectivity index (χ1n) is 4.40. The highest BCUT2D eigenvalue weighted by Crippen LogP contribution is 2.21. The maximum atomic E-state index is 11.6. The fourth-order valence-electron chi connectivity index (χ4n) is 1.01. The summed E-state index contributed by atoms with van der Waals surface area (Å²) in [6.07, 6.45) is 0. The number of aliphatic carboxylic acids is 1. The molecule has 1 aromatic carbocycles. The maximum Gasteiger partial charge on any atom is 0.325 e. The van der Waals surface area contributed by atoms with Crippen LogP contribution in [0.1, 0.15) is 17.3 Å². The minimum atomic E-state index is -1.08. The molecular weight excluding hydrogens is 297 g/mol. The summed E-state index contributed by atoms with van der Waals surface area (Å²) >= 11 is 8.90. The second-order valence-electron chi connectivity index (χ2n) is 3.16. The van der Waals surface area contributed by atoms with Crippen molar-refractivity contribution >= 4 is 39.4 Å². The highest BCUT2D eigenvalue weighted by Gasteiger charge is 2.16. The van der Waals surface area contributed by atoms with Gasteiger partial charge in [0.25, 0.3) is 5.91 Å². The number of carboxylic acids is 1. The van der Waals surface area contributed by atoms with Gasteiger partial charge in [0, 0.05) is 9.50 Å². The summed E-state index contributed by atoms with van der Waals surface area (Å²) in [5, 5.41) is 11.5. The Labute approximate surface area is 106 Å². The van der Waals surface area contributed by atoms with E-state index in [-0.39, 0.29) is 0 Å². The quantitative estimate of drug-likeness (QED) is 0.900. The van der Waals surface area contributed by atoms with Gasteiger partial charge in [-0.05, 0) is 41.1 Å². The minimum Gasteiger partial charge on any atom is -0.480 e. The summed E-state index contributed by atoms with van der Waals surface area (Å²) in [4.78, 5) is 22.2. The summed E-state index contributed by atoms with van der Waals surface area (Å²) in [6, 6.07) is 3.72. The van der Waals surface area contributed by atoms with E-state index >= 15 is 0 Å². The van der Waals surface area contributed by atoms with Crippen molar-refractivity contribution in [2.75, 3.05) is 0 Å². The highest BCUT2D eigenvalue weighted by atomic mass is 79.9. The standard InChI is InChI=1S/C10H9BrClNO3/c1-5(10(15)16)13-9(14)7-3-2-6(12)4-8(7)11/h2-5H,1H3,(H,13,14)(H,15,16). The zero-order chi connectivity index (χ0) is 12.3. The van der Waals surface area contributed by atoms with E-state index in [1.54, 1.807) is 12.1 Å². The molecule has 1 atom stereocenters. The molecule has 0 aliphatic heterocycles. The lowest BCUT2D eigenvalue weighted by Crippen LogP contribution is -2.38. The molecule has 0 saturated carbocycles. The van der Waals surface area contributed by atoms with Crippen LogP contribution in [0.5, 0.6) is 0 Å². The Morgan fingerprint density at radius 2 is 2.12 bits per heavy atom. The van der Waals surface area contributed by atoms with Crippen LogP contribution >= 0.6 is 27.5 Å². The molecule has 2 N–H and O–H groups in total.